The standard InChI is InChI=1S/C24H40O6S/c1-16(14-29-15-18-9-11-19(28-8)12-10-18)22(27)17(2)31-24(6,7)20(25)13-21(26)30-23(3,4)5/h9-12,16-17,20,22,25,27H,13-15H2,1-8H3/t16?,17-,20?,22+/m1/s1. The fraction of sp³-hybridized carbons (Fsp3) is 0.708. The van der Waals surface area contributed by atoms with Crippen LogP contribution < -0.4 is 4.74 Å². The van der Waals surface area contributed by atoms with Gasteiger partial charge in [0.15, 0.2) is 0 Å². The summed E-state index contributed by atoms with van der Waals surface area (Å²) < 4.78 is 15.6. The Kier molecular flexibility index (Phi) is 10.8. The van der Waals surface area contributed by atoms with E-state index in [1.54, 1.807) is 27.9 Å². The number of aliphatic hydroxyl groups excluding tert-OH is 2. The summed E-state index contributed by atoms with van der Waals surface area (Å²) in [6.45, 7) is 13.9. The summed E-state index contributed by atoms with van der Waals surface area (Å²) in [6, 6.07) is 7.68. The van der Waals surface area contributed by atoms with Crippen LogP contribution in [0.1, 0.15) is 60.5 Å². The second-order valence-corrected chi connectivity index (χ2v) is 11.6. The number of carbonyl (C=O) groups excluding carboxylic acids is 1. The maximum atomic E-state index is 12.1. The minimum atomic E-state index is -0.886. The smallest absolute Gasteiger partial charge is 0.308 e. The first-order valence-corrected chi connectivity index (χ1v) is 11.6. The van der Waals surface area contributed by atoms with Crippen molar-refractivity contribution >= 4 is 17.7 Å². The topological polar surface area (TPSA) is 85.2 Å². The summed E-state index contributed by atoms with van der Waals surface area (Å²) in [5.41, 5.74) is 0.454. The van der Waals surface area contributed by atoms with Gasteiger partial charge >= 0.3 is 5.97 Å². The fourth-order valence-corrected chi connectivity index (χ4v) is 4.67. The summed E-state index contributed by atoms with van der Waals surface area (Å²) in [5, 5.41) is 21.2. The van der Waals surface area contributed by atoms with Gasteiger partial charge in [0.25, 0.3) is 0 Å². The van der Waals surface area contributed by atoms with Crippen molar-refractivity contribution in [2.24, 2.45) is 5.92 Å². The highest BCUT2D eigenvalue weighted by Gasteiger charge is 2.36. The van der Waals surface area contributed by atoms with Gasteiger partial charge in [-0.1, -0.05) is 26.0 Å². The molecule has 0 aromatic heterocycles. The lowest BCUT2D eigenvalue weighted by atomic mass is 10.0. The molecule has 0 heterocycles. The SMILES string of the molecule is COc1ccc(COCC(C)[C@H](O)[C@@H](C)SC(C)(C)C(O)CC(=O)OC(C)(C)C)cc1. The van der Waals surface area contributed by atoms with Crippen molar-refractivity contribution in [2.75, 3.05) is 13.7 Å². The molecule has 7 heteroatoms. The molecular weight excluding hydrogens is 416 g/mol. The van der Waals surface area contributed by atoms with Crippen LogP contribution in [0.25, 0.3) is 0 Å². The van der Waals surface area contributed by atoms with Crippen LogP contribution in [-0.2, 0) is 20.9 Å². The third kappa shape index (κ3) is 10.3. The van der Waals surface area contributed by atoms with Gasteiger partial charge in [0.1, 0.15) is 11.4 Å². The van der Waals surface area contributed by atoms with Gasteiger partial charge in [-0.2, -0.15) is 0 Å². The van der Waals surface area contributed by atoms with E-state index in [1.165, 1.54) is 11.8 Å². The summed E-state index contributed by atoms with van der Waals surface area (Å²) in [4.78, 5) is 12.1. The second-order valence-electron chi connectivity index (χ2n) is 9.56. The summed E-state index contributed by atoms with van der Waals surface area (Å²) in [6.07, 6.45) is -1.59. The average molecular weight is 457 g/mol. The van der Waals surface area contributed by atoms with Gasteiger partial charge < -0.3 is 24.4 Å². The Hall–Kier alpha value is -1.28. The molecule has 0 aliphatic rings. The van der Waals surface area contributed by atoms with E-state index in [9.17, 15) is 15.0 Å². The molecule has 0 radical (unpaired) electrons. The van der Waals surface area contributed by atoms with Crippen molar-refractivity contribution in [3.63, 3.8) is 0 Å². The number of rotatable bonds is 12. The fourth-order valence-electron chi connectivity index (χ4n) is 3.06. The number of esters is 1. The lowest BCUT2D eigenvalue weighted by molar-refractivity contribution is -0.157. The largest absolute Gasteiger partial charge is 0.497 e. The van der Waals surface area contributed by atoms with Crippen molar-refractivity contribution in [2.45, 2.75) is 89.3 Å². The lowest BCUT2D eigenvalue weighted by Gasteiger charge is -2.35. The van der Waals surface area contributed by atoms with Gasteiger partial charge in [0, 0.05) is 15.9 Å². The minimum absolute atomic E-state index is 0.0827. The Morgan fingerprint density at radius 2 is 1.65 bits per heavy atom. The first-order chi connectivity index (χ1) is 14.2. The van der Waals surface area contributed by atoms with E-state index in [-0.39, 0.29) is 17.6 Å². The lowest BCUT2D eigenvalue weighted by Crippen LogP contribution is -2.41. The average Bonchev–Trinajstić information content (AvgIpc) is 2.65. The molecule has 1 rings (SSSR count). The molecule has 2 N–H and O–H groups in total. The van der Waals surface area contributed by atoms with Gasteiger partial charge in [0.05, 0.1) is 39.0 Å². The van der Waals surface area contributed by atoms with Gasteiger partial charge in [-0.25, -0.2) is 0 Å². The van der Waals surface area contributed by atoms with E-state index in [2.05, 4.69) is 0 Å². The highest BCUT2D eigenvalue weighted by molar-refractivity contribution is 8.01. The molecule has 1 aromatic carbocycles. The zero-order valence-corrected chi connectivity index (χ0v) is 21.0. The highest BCUT2D eigenvalue weighted by atomic mass is 32.2. The van der Waals surface area contributed by atoms with Gasteiger partial charge in [-0.15, -0.1) is 11.8 Å². The van der Waals surface area contributed by atoms with E-state index in [4.69, 9.17) is 14.2 Å². The second kappa shape index (κ2) is 12.1. The van der Waals surface area contributed by atoms with Gasteiger partial charge in [-0.05, 0) is 52.3 Å². The first-order valence-electron chi connectivity index (χ1n) is 10.7. The number of carbonyl (C=O) groups is 1. The van der Waals surface area contributed by atoms with Crippen LogP contribution >= 0.6 is 11.8 Å². The number of methoxy groups -OCH3 is 1. The molecule has 1 aromatic rings. The molecule has 0 spiro atoms. The van der Waals surface area contributed by atoms with Crippen LogP contribution in [0.2, 0.25) is 0 Å². The third-order valence-corrected chi connectivity index (χ3v) is 6.47. The molecule has 0 saturated carbocycles. The Bertz CT molecular complexity index is 668. The van der Waals surface area contributed by atoms with Crippen LogP contribution in [0, 0.1) is 5.92 Å². The van der Waals surface area contributed by atoms with Crippen LogP contribution in [0.3, 0.4) is 0 Å². The van der Waals surface area contributed by atoms with Crippen molar-refractivity contribution in [1.29, 1.82) is 0 Å². The van der Waals surface area contributed by atoms with Gasteiger partial charge in [0.2, 0.25) is 0 Å². The minimum Gasteiger partial charge on any atom is -0.497 e. The van der Waals surface area contributed by atoms with Crippen LogP contribution in [0.15, 0.2) is 24.3 Å². The molecule has 4 atom stereocenters. The highest BCUT2D eigenvalue weighted by Crippen LogP contribution is 2.36. The molecule has 2 unspecified atom stereocenters. The molecule has 178 valence electrons. The molecule has 0 aliphatic heterocycles. The van der Waals surface area contributed by atoms with E-state index in [1.807, 2.05) is 52.0 Å². The molecule has 31 heavy (non-hydrogen) atoms. The van der Waals surface area contributed by atoms with Crippen LogP contribution in [0.4, 0.5) is 0 Å². The normalized spacial score (nSPS) is 16.3. The third-order valence-electron chi connectivity index (χ3n) is 4.94. The molecule has 0 bridgehead atoms. The number of hydrogen-bond acceptors (Lipinski definition) is 7. The van der Waals surface area contributed by atoms with E-state index in [0.29, 0.717) is 13.2 Å². The van der Waals surface area contributed by atoms with E-state index < -0.39 is 28.5 Å². The van der Waals surface area contributed by atoms with Crippen LogP contribution in [0.5, 0.6) is 5.75 Å². The van der Waals surface area contributed by atoms with Crippen molar-refractivity contribution in [3.05, 3.63) is 29.8 Å². The monoisotopic (exact) mass is 456 g/mol. The Morgan fingerprint density at radius 1 is 1.06 bits per heavy atom. The molecule has 0 aliphatic carbocycles. The van der Waals surface area contributed by atoms with Crippen molar-refractivity contribution < 1.29 is 29.2 Å². The summed E-state index contributed by atoms with van der Waals surface area (Å²) in [7, 11) is 1.63. The summed E-state index contributed by atoms with van der Waals surface area (Å²) >= 11 is 1.46. The Balaban J connectivity index is 2.49. The first kappa shape index (κ1) is 27.8. The molecular formula is C24H40O6S. The van der Waals surface area contributed by atoms with Crippen LogP contribution in [-0.4, -0.2) is 57.7 Å². The zero-order chi connectivity index (χ0) is 23.8. The molecule has 0 saturated heterocycles. The summed E-state index contributed by atoms with van der Waals surface area (Å²) in [5.74, 6) is 0.289. The molecule has 6 nitrogen and oxygen atoms in total. The number of benzene rings is 1. The quantitative estimate of drug-likeness (QED) is 0.456. The predicted molar refractivity (Wildman–Crippen MR) is 125 cm³/mol. The maximum absolute atomic E-state index is 12.1. The zero-order valence-electron chi connectivity index (χ0n) is 20.2. The van der Waals surface area contributed by atoms with E-state index in [0.717, 1.165) is 11.3 Å². The van der Waals surface area contributed by atoms with Crippen molar-refractivity contribution in [1.82, 2.24) is 0 Å². The number of aliphatic hydroxyl groups is 2. The maximum Gasteiger partial charge on any atom is 0.308 e. The number of hydrogen-bond donors (Lipinski definition) is 2. The molecule has 0 fully saturated rings. The Morgan fingerprint density at radius 3 is 2.16 bits per heavy atom. The predicted octanol–water partition coefficient (Wildman–Crippen LogP) is 4.20. The number of ether oxygens (including phenoxy) is 3. The van der Waals surface area contributed by atoms with Gasteiger partial charge in [-0.3, -0.25) is 4.79 Å². The molecule has 0 amide bonds. The Labute approximate surface area is 191 Å². The number of thioether (sulfide) groups is 1. The van der Waals surface area contributed by atoms with E-state index >= 15 is 0 Å². The van der Waals surface area contributed by atoms with Crippen molar-refractivity contribution in [3.8, 4) is 5.75 Å².